The minimum Gasteiger partial charge on any atom is -0.0654 e. The van der Waals surface area contributed by atoms with E-state index in [-0.39, 0.29) is 0 Å². The van der Waals surface area contributed by atoms with Gasteiger partial charge in [0.1, 0.15) is 0 Å². The monoisotopic (exact) mass is 282 g/mol. The lowest BCUT2D eigenvalue weighted by atomic mass is 9.87. The third-order valence-corrected chi connectivity index (χ3v) is 4.66. The zero-order chi connectivity index (χ0) is 14.9. The van der Waals surface area contributed by atoms with E-state index in [1.165, 1.54) is 62.1 Å². The molecule has 0 bridgehead atoms. The lowest BCUT2D eigenvalue weighted by Crippen LogP contribution is -1.98. The van der Waals surface area contributed by atoms with Gasteiger partial charge in [0.2, 0.25) is 0 Å². The predicted molar refractivity (Wildman–Crippen MR) is 95.0 cm³/mol. The van der Waals surface area contributed by atoms with Crippen molar-refractivity contribution in [1.29, 1.82) is 0 Å². The molecule has 2 aromatic carbocycles. The Balaban J connectivity index is 1.96. The fraction of sp³-hybridized carbons (Fsp3) is 0.524. The van der Waals surface area contributed by atoms with Gasteiger partial charge in [0, 0.05) is 0 Å². The second-order valence-corrected chi connectivity index (χ2v) is 6.23. The summed E-state index contributed by atoms with van der Waals surface area (Å²) < 4.78 is 0. The van der Waals surface area contributed by atoms with Gasteiger partial charge in [0.05, 0.1) is 0 Å². The molecule has 0 nitrogen and oxygen atoms in total. The van der Waals surface area contributed by atoms with Gasteiger partial charge in [0.25, 0.3) is 0 Å². The fourth-order valence-corrected chi connectivity index (χ4v) is 3.36. The minimum atomic E-state index is 0.724. The molecule has 0 heteroatoms. The highest BCUT2D eigenvalue weighted by Crippen LogP contribution is 2.31. The minimum absolute atomic E-state index is 0.724. The van der Waals surface area contributed by atoms with Crippen molar-refractivity contribution in [3.8, 4) is 0 Å². The van der Waals surface area contributed by atoms with Crippen molar-refractivity contribution < 1.29 is 0 Å². The maximum Gasteiger partial charge on any atom is -0.0149 e. The van der Waals surface area contributed by atoms with E-state index in [0.717, 1.165) is 5.92 Å². The second-order valence-electron chi connectivity index (χ2n) is 6.23. The smallest absolute Gasteiger partial charge is 0.0149 e. The number of hydrogen-bond acceptors (Lipinski definition) is 0. The molecule has 0 radical (unpaired) electrons. The van der Waals surface area contributed by atoms with Crippen LogP contribution in [-0.4, -0.2) is 0 Å². The number of unbranched alkanes of at least 4 members (excludes halogenated alkanes) is 5. The normalized spacial score (nSPS) is 12.7. The molecule has 0 spiro atoms. The highest BCUT2D eigenvalue weighted by atomic mass is 14.2. The van der Waals surface area contributed by atoms with E-state index < -0.39 is 0 Å². The summed E-state index contributed by atoms with van der Waals surface area (Å²) in [5, 5.41) is 2.84. The van der Waals surface area contributed by atoms with Crippen LogP contribution in [0.15, 0.2) is 42.5 Å². The second kappa shape index (κ2) is 8.87. The maximum absolute atomic E-state index is 2.34. The van der Waals surface area contributed by atoms with E-state index in [1.54, 1.807) is 5.56 Å². The van der Waals surface area contributed by atoms with Crippen LogP contribution in [0.1, 0.15) is 76.7 Å². The third-order valence-electron chi connectivity index (χ3n) is 4.66. The lowest BCUT2D eigenvalue weighted by molar-refractivity contribution is 0.531. The van der Waals surface area contributed by atoms with E-state index in [9.17, 15) is 0 Å². The van der Waals surface area contributed by atoms with Crippen LogP contribution in [0.4, 0.5) is 0 Å². The summed E-state index contributed by atoms with van der Waals surface area (Å²) in [5.41, 5.74) is 1.56. The summed E-state index contributed by atoms with van der Waals surface area (Å²) in [4.78, 5) is 0. The van der Waals surface area contributed by atoms with Crippen molar-refractivity contribution >= 4 is 10.8 Å². The van der Waals surface area contributed by atoms with E-state index in [2.05, 4.69) is 56.3 Å². The molecule has 1 unspecified atom stereocenters. The maximum atomic E-state index is 2.34. The largest absolute Gasteiger partial charge is 0.0654 e. The Labute approximate surface area is 130 Å². The van der Waals surface area contributed by atoms with Gasteiger partial charge in [-0.2, -0.15) is 0 Å². The lowest BCUT2D eigenvalue weighted by Gasteiger charge is -2.17. The molecule has 0 aliphatic heterocycles. The van der Waals surface area contributed by atoms with E-state index >= 15 is 0 Å². The number of hydrogen-bond donors (Lipinski definition) is 0. The molecule has 0 saturated carbocycles. The fourth-order valence-electron chi connectivity index (χ4n) is 3.36. The molecule has 1 atom stereocenters. The van der Waals surface area contributed by atoms with Crippen molar-refractivity contribution in [1.82, 2.24) is 0 Å². The summed E-state index contributed by atoms with van der Waals surface area (Å²) in [6, 6.07) is 15.6. The Bertz CT molecular complexity index is 521. The SMILES string of the molecule is CCCCCCCCC(CC)c1cccc2ccccc12. The zero-order valence-electron chi connectivity index (χ0n) is 13.8. The molecule has 0 heterocycles. The van der Waals surface area contributed by atoms with Crippen LogP contribution in [0.2, 0.25) is 0 Å². The molecule has 114 valence electrons. The van der Waals surface area contributed by atoms with Crippen molar-refractivity contribution in [2.75, 3.05) is 0 Å². The Morgan fingerprint density at radius 1 is 0.762 bits per heavy atom. The molecule has 21 heavy (non-hydrogen) atoms. The van der Waals surface area contributed by atoms with Crippen molar-refractivity contribution in [2.45, 2.75) is 71.1 Å². The van der Waals surface area contributed by atoms with Gasteiger partial charge in [0.15, 0.2) is 0 Å². The van der Waals surface area contributed by atoms with Gasteiger partial charge in [-0.1, -0.05) is 94.8 Å². The molecule has 0 aliphatic rings. The van der Waals surface area contributed by atoms with Crippen LogP contribution < -0.4 is 0 Å². The molecular formula is C21H30. The Kier molecular flexibility index (Phi) is 6.79. The summed E-state index contributed by atoms with van der Waals surface area (Å²) >= 11 is 0. The summed E-state index contributed by atoms with van der Waals surface area (Å²) in [7, 11) is 0. The van der Waals surface area contributed by atoms with Gasteiger partial charge >= 0.3 is 0 Å². The van der Waals surface area contributed by atoms with Gasteiger partial charge in [-0.3, -0.25) is 0 Å². The van der Waals surface area contributed by atoms with Gasteiger partial charge < -0.3 is 0 Å². The molecule has 0 aliphatic carbocycles. The van der Waals surface area contributed by atoms with Crippen molar-refractivity contribution in [2.24, 2.45) is 0 Å². The average molecular weight is 282 g/mol. The first kappa shape index (κ1) is 16.1. The van der Waals surface area contributed by atoms with Gasteiger partial charge in [-0.15, -0.1) is 0 Å². The predicted octanol–water partition coefficient (Wildman–Crippen LogP) is 7.08. The van der Waals surface area contributed by atoms with Gasteiger partial charge in [-0.25, -0.2) is 0 Å². The highest BCUT2D eigenvalue weighted by molar-refractivity contribution is 5.86. The number of fused-ring (bicyclic) bond motifs is 1. The molecule has 0 amide bonds. The van der Waals surface area contributed by atoms with Crippen LogP contribution in [0.5, 0.6) is 0 Å². The summed E-state index contributed by atoms with van der Waals surface area (Å²) in [6.07, 6.45) is 11.0. The van der Waals surface area contributed by atoms with Crippen molar-refractivity contribution in [3.63, 3.8) is 0 Å². The van der Waals surface area contributed by atoms with E-state index in [0.29, 0.717) is 0 Å². The molecular weight excluding hydrogens is 252 g/mol. The van der Waals surface area contributed by atoms with Crippen LogP contribution in [-0.2, 0) is 0 Å². The Morgan fingerprint density at radius 3 is 2.29 bits per heavy atom. The third kappa shape index (κ3) is 4.59. The highest BCUT2D eigenvalue weighted by Gasteiger charge is 2.11. The van der Waals surface area contributed by atoms with E-state index in [1.807, 2.05) is 0 Å². The molecule has 2 aromatic rings. The summed E-state index contributed by atoms with van der Waals surface area (Å²) in [5.74, 6) is 0.724. The number of rotatable bonds is 9. The van der Waals surface area contributed by atoms with Crippen molar-refractivity contribution in [3.05, 3.63) is 48.0 Å². The van der Waals surface area contributed by atoms with Crippen LogP contribution in [0, 0.1) is 0 Å². The molecule has 0 N–H and O–H groups in total. The zero-order valence-corrected chi connectivity index (χ0v) is 13.8. The van der Waals surface area contributed by atoms with Crippen LogP contribution >= 0.6 is 0 Å². The molecule has 0 fully saturated rings. The van der Waals surface area contributed by atoms with Crippen LogP contribution in [0.3, 0.4) is 0 Å². The number of benzene rings is 2. The first-order valence-corrected chi connectivity index (χ1v) is 8.84. The van der Waals surface area contributed by atoms with E-state index in [4.69, 9.17) is 0 Å². The quantitative estimate of drug-likeness (QED) is 0.431. The molecule has 0 aromatic heterocycles. The van der Waals surface area contributed by atoms with Gasteiger partial charge in [-0.05, 0) is 35.1 Å². The molecule has 2 rings (SSSR count). The first-order chi connectivity index (χ1) is 10.4. The topological polar surface area (TPSA) is 0 Å². The first-order valence-electron chi connectivity index (χ1n) is 8.84. The summed E-state index contributed by atoms with van der Waals surface area (Å²) in [6.45, 7) is 4.62. The molecule has 0 saturated heterocycles. The average Bonchev–Trinajstić information content (AvgIpc) is 2.54. The van der Waals surface area contributed by atoms with Crippen LogP contribution in [0.25, 0.3) is 10.8 Å². The Hall–Kier alpha value is -1.30. The standard InChI is InChI=1S/C21H30/c1-3-5-6-7-8-9-13-18(4-2)20-17-12-15-19-14-10-11-16-21(19)20/h10-12,14-18H,3-9,13H2,1-2H3. The Morgan fingerprint density at radius 2 is 1.48 bits per heavy atom.